The van der Waals surface area contributed by atoms with Gasteiger partial charge in [-0.05, 0) is 20.3 Å². The van der Waals surface area contributed by atoms with E-state index in [2.05, 4.69) is 5.32 Å². The van der Waals surface area contributed by atoms with Gasteiger partial charge < -0.3 is 5.32 Å². The normalized spacial score (nSPS) is 24.6. The minimum atomic E-state index is -0.260. The van der Waals surface area contributed by atoms with Crippen molar-refractivity contribution in [2.75, 3.05) is 6.54 Å². The highest BCUT2D eigenvalue weighted by molar-refractivity contribution is 5.96. The molecular formula is C9H16N2O2. The molecule has 74 valence electrons. The van der Waals surface area contributed by atoms with E-state index in [-0.39, 0.29) is 23.9 Å². The molecule has 0 bridgehead atoms. The van der Waals surface area contributed by atoms with Gasteiger partial charge in [0.1, 0.15) is 0 Å². The predicted molar refractivity (Wildman–Crippen MR) is 49.2 cm³/mol. The number of urea groups is 1. The molecule has 0 saturated carbocycles. The van der Waals surface area contributed by atoms with Crippen molar-refractivity contribution in [2.24, 2.45) is 5.92 Å². The Balaban J connectivity index is 2.85. The number of amides is 3. The van der Waals surface area contributed by atoms with Gasteiger partial charge in [0.2, 0.25) is 5.91 Å². The van der Waals surface area contributed by atoms with Crippen LogP contribution >= 0.6 is 0 Å². The minimum absolute atomic E-state index is 0.0543. The Morgan fingerprint density at radius 1 is 1.46 bits per heavy atom. The van der Waals surface area contributed by atoms with E-state index >= 15 is 0 Å². The van der Waals surface area contributed by atoms with Crippen molar-refractivity contribution < 1.29 is 9.59 Å². The average Bonchev–Trinajstić information content (AvgIpc) is 2.13. The van der Waals surface area contributed by atoms with Gasteiger partial charge in [0.05, 0.1) is 0 Å². The Morgan fingerprint density at radius 3 is 2.62 bits per heavy atom. The Labute approximate surface area is 78.3 Å². The van der Waals surface area contributed by atoms with Crippen LogP contribution in [0.4, 0.5) is 4.79 Å². The maximum absolute atomic E-state index is 11.7. The van der Waals surface area contributed by atoms with Crippen molar-refractivity contribution in [3.05, 3.63) is 0 Å². The van der Waals surface area contributed by atoms with Crippen LogP contribution in [0.15, 0.2) is 0 Å². The zero-order valence-corrected chi connectivity index (χ0v) is 8.33. The number of carbonyl (C=O) groups is 2. The van der Waals surface area contributed by atoms with Crippen LogP contribution < -0.4 is 5.32 Å². The monoisotopic (exact) mass is 184 g/mol. The van der Waals surface area contributed by atoms with E-state index in [1.165, 1.54) is 4.90 Å². The van der Waals surface area contributed by atoms with Crippen molar-refractivity contribution >= 4 is 11.9 Å². The predicted octanol–water partition coefficient (Wildman–Crippen LogP) is 0.973. The van der Waals surface area contributed by atoms with Crippen LogP contribution in [-0.2, 0) is 4.79 Å². The number of hydrogen-bond donors (Lipinski definition) is 1. The lowest BCUT2D eigenvalue weighted by molar-refractivity contribution is -0.132. The molecule has 1 aliphatic heterocycles. The summed E-state index contributed by atoms with van der Waals surface area (Å²) in [5, 5.41) is 2.70. The third-order valence-electron chi connectivity index (χ3n) is 2.25. The summed E-state index contributed by atoms with van der Waals surface area (Å²) in [5.41, 5.74) is 0. The number of imide groups is 1. The molecule has 0 aromatic heterocycles. The minimum Gasteiger partial charge on any atom is -0.338 e. The van der Waals surface area contributed by atoms with E-state index in [9.17, 15) is 9.59 Å². The van der Waals surface area contributed by atoms with Gasteiger partial charge in [0, 0.05) is 18.5 Å². The second-order valence-electron chi connectivity index (χ2n) is 3.72. The first kappa shape index (κ1) is 10.0. The van der Waals surface area contributed by atoms with E-state index in [1.807, 2.05) is 20.8 Å². The third kappa shape index (κ3) is 1.99. The van der Waals surface area contributed by atoms with Gasteiger partial charge in [-0.3, -0.25) is 9.69 Å². The Bertz CT molecular complexity index is 226. The van der Waals surface area contributed by atoms with Gasteiger partial charge in [0.25, 0.3) is 0 Å². The van der Waals surface area contributed by atoms with Gasteiger partial charge in [-0.25, -0.2) is 4.79 Å². The molecule has 4 heteroatoms. The Hall–Kier alpha value is -1.06. The van der Waals surface area contributed by atoms with Crippen LogP contribution in [0.2, 0.25) is 0 Å². The average molecular weight is 184 g/mol. The quantitative estimate of drug-likeness (QED) is 0.660. The van der Waals surface area contributed by atoms with E-state index in [4.69, 9.17) is 0 Å². The summed E-state index contributed by atoms with van der Waals surface area (Å²) in [6, 6.07) is -0.322. The summed E-state index contributed by atoms with van der Waals surface area (Å²) < 4.78 is 0. The largest absolute Gasteiger partial charge is 0.338 e. The Morgan fingerprint density at radius 2 is 2.08 bits per heavy atom. The smallest absolute Gasteiger partial charge is 0.324 e. The second-order valence-corrected chi connectivity index (χ2v) is 3.72. The van der Waals surface area contributed by atoms with Crippen LogP contribution in [-0.4, -0.2) is 29.4 Å². The molecule has 1 unspecified atom stereocenters. The van der Waals surface area contributed by atoms with Crippen molar-refractivity contribution in [1.29, 1.82) is 0 Å². The van der Waals surface area contributed by atoms with Crippen LogP contribution in [0.3, 0.4) is 0 Å². The molecule has 1 aliphatic rings. The molecule has 1 saturated heterocycles. The number of nitrogens with zero attached hydrogens (tertiary/aromatic N) is 1. The highest BCUT2D eigenvalue weighted by atomic mass is 16.2. The van der Waals surface area contributed by atoms with Crippen molar-refractivity contribution in [2.45, 2.75) is 33.2 Å². The topological polar surface area (TPSA) is 49.4 Å². The highest BCUT2D eigenvalue weighted by Crippen LogP contribution is 2.13. The SMILES string of the molecule is CC1CCNC(=O)N(C(C)C)C1=O. The summed E-state index contributed by atoms with van der Waals surface area (Å²) in [6.07, 6.45) is 0.730. The molecule has 0 radical (unpaired) electrons. The first-order chi connectivity index (χ1) is 6.04. The van der Waals surface area contributed by atoms with Crippen LogP contribution in [0.25, 0.3) is 0 Å². The maximum Gasteiger partial charge on any atom is 0.324 e. The van der Waals surface area contributed by atoms with E-state index in [0.717, 1.165) is 6.42 Å². The van der Waals surface area contributed by atoms with Crippen molar-refractivity contribution in [3.63, 3.8) is 0 Å². The highest BCUT2D eigenvalue weighted by Gasteiger charge is 2.30. The van der Waals surface area contributed by atoms with Gasteiger partial charge >= 0.3 is 6.03 Å². The lowest BCUT2D eigenvalue weighted by Crippen LogP contribution is -2.46. The lowest BCUT2D eigenvalue weighted by atomic mass is 10.1. The van der Waals surface area contributed by atoms with Gasteiger partial charge in [-0.15, -0.1) is 0 Å². The molecule has 13 heavy (non-hydrogen) atoms. The maximum atomic E-state index is 11.7. The fraction of sp³-hybridized carbons (Fsp3) is 0.778. The van der Waals surface area contributed by atoms with Crippen LogP contribution in [0, 0.1) is 5.92 Å². The van der Waals surface area contributed by atoms with E-state index in [0.29, 0.717) is 6.54 Å². The molecule has 1 N–H and O–H groups in total. The number of nitrogens with one attached hydrogen (secondary N) is 1. The molecule has 0 aromatic carbocycles. The zero-order valence-electron chi connectivity index (χ0n) is 8.33. The Kier molecular flexibility index (Phi) is 2.90. The summed E-state index contributed by atoms with van der Waals surface area (Å²) in [5.74, 6) is -0.119. The fourth-order valence-corrected chi connectivity index (χ4v) is 1.43. The molecule has 0 aromatic rings. The molecule has 1 fully saturated rings. The van der Waals surface area contributed by atoms with Crippen LogP contribution in [0.5, 0.6) is 0 Å². The van der Waals surface area contributed by atoms with Crippen LogP contribution in [0.1, 0.15) is 27.2 Å². The molecular weight excluding hydrogens is 168 g/mol. The lowest BCUT2D eigenvalue weighted by Gasteiger charge is -2.24. The second kappa shape index (κ2) is 3.77. The summed E-state index contributed by atoms with van der Waals surface area (Å²) in [4.78, 5) is 24.4. The fourth-order valence-electron chi connectivity index (χ4n) is 1.43. The van der Waals surface area contributed by atoms with Gasteiger partial charge in [-0.1, -0.05) is 6.92 Å². The van der Waals surface area contributed by atoms with Gasteiger partial charge in [0.15, 0.2) is 0 Å². The van der Waals surface area contributed by atoms with Crippen molar-refractivity contribution in [3.8, 4) is 0 Å². The third-order valence-corrected chi connectivity index (χ3v) is 2.25. The molecule has 1 rings (SSSR count). The summed E-state index contributed by atoms with van der Waals surface area (Å²) >= 11 is 0. The molecule has 1 heterocycles. The standard InChI is InChI=1S/C9H16N2O2/c1-6(2)11-8(12)7(3)4-5-10-9(11)13/h6-7H,4-5H2,1-3H3,(H,10,13). The number of hydrogen-bond acceptors (Lipinski definition) is 2. The first-order valence-electron chi connectivity index (χ1n) is 4.65. The molecule has 0 aliphatic carbocycles. The molecule has 1 atom stereocenters. The van der Waals surface area contributed by atoms with Crippen molar-refractivity contribution in [1.82, 2.24) is 10.2 Å². The van der Waals surface area contributed by atoms with E-state index in [1.54, 1.807) is 0 Å². The molecule has 3 amide bonds. The summed E-state index contributed by atoms with van der Waals surface area (Å²) in [7, 11) is 0. The first-order valence-corrected chi connectivity index (χ1v) is 4.65. The van der Waals surface area contributed by atoms with Gasteiger partial charge in [-0.2, -0.15) is 0 Å². The summed E-state index contributed by atoms with van der Waals surface area (Å²) in [6.45, 7) is 6.14. The number of carbonyl (C=O) groups excluding carboxylic acids is 2. The molecule has 4 nitrogen and oxygen atoms in total. The number of rotatable bonds is 1. The van der Waals surface area contributed by atoms with E-state index < -0.39 is 0 Å². The zero-order chi connectivity index (χ0) is 10.0. The molecule has 0 spiro atoms.